The predicted octanol–water partition coefficient (Wildman–Crippen LogP) is 1.62. The van der Waals surface area contributed by atoms with E-state index in [0.717, 1.165) is 0 Å². The highest BCUT2D eigenvalue weighted by atomic mass is 16.3. The number of hydrogen-bond donors (Lipinski definition) is 1. The number of amides is 1. The molecule has 5 nitrogen and oxygen atoms in total. The molecule has 1 fully saturated rings. The molecule has 1 aromatic heterocycles. The van der Waals surface area contributed by atoms with Gasteiger partial charge in [0.2, 0.25) is 0 Å². The number of piperazine rings is 1. The Bertz CT molecular complexity index is 728. The summed E-state index contributed by atoms with van der Waals surface area (Å²) in [6.07, 6.45) is 0. The minimum Gasteiger partial charge on any atom is -0.451 e. The fourth-order valence-electron chi connectivity index (χ4n) is 2.86. The summed E-state index contributed by atoms with van der Waals surface area (Å²) in [5, 5.41) is 3.87. The Morgan fingerprint density at radius 1 is 1.24 bits per heavy atom. The molecule has 0 aliphatic carbocycles. The van der Waals surface area contributed by atoms with Gasteiger partial charge < -0.3 is 14.6 Å². The van der Waals surface area contributed by atoms with Crippen LogP contribution in [0, 0.1) is 0 Å². The van der Waals surface area contributed by atoms with E-state index in [0.29, 0.717) is 24.1 Å². The van der Waals surface area contributed by atoms with Gasteiger partial charge in [0.25, 0.3) is 5.91 Å². The Hall–Kier alpha value is -2.14. The maximum Gasteiger partial charge on any atom is 0.289 e. The van der Waals surface area contributed by atoms with Crippen LogP contribution in [0.3, 0.4) is 0 Å². The van der Waals surface area contributed by atoms with Gasteiger partial charge in [-0.3, -0.25) is 9.59 Å². The first kappa shape index (κ1) is 13.8. The van der Waals surface area contributed by atoms with Crippen molar-refractivity contribution in [3.63, 3.8) is 0 Å². The maximum absolute atomic E-state index is 12.6. The van der Waals surface area contributed by atoms with Crippen LogP contribution in [-0.2, 0) is 0 Å². The van der Waals surface area contributed by atoms with Crippen molar-refractivity contribution in [2.24, 2.45) is 0 Å². The minimum atomic E-state index is -0.224. The molecule has 0 saturated carbocycles. The van der Waals surface area contributed by atoms with Gasteiger partial charge in [-0.15, -0.1) is 0 Å². The Balaban J connectivity index is 1.96. The van der Waals surface area contributed by atoms with Crippen molar-refractivity contribution in [2.45, 2.75) is 25.9 Å². The SMILES string of the molecule is CC1CN(C(=O)c2cc(=O)c3ccccc3o2)CC(C)N1. The second kappa shape index (κ2) is 5.33. The third-order valence-electron chi connectivity index (χ3n) is 3.69. The normalized spacial score (nSPS) is 22.5. The van der Waals surface area contributed by atoms with E-state index in [-0.39, 0.29) is 29.2 Å². The third-order valence-corrected chi connectivity index (χ3v) is 3.69. The number of nitrogens with one attached hydrogen (secondary N) is 1. The molecule has 2 heterocycles. The molecule has 0 bridgehead atoms. The van der Waals surface area contributed by atoms with Gasteiger partial charge in [0.15, 0.2) is 11.2 Å². The zero-order valence-corrected chi connectivity index (χ0v) is 12.1. The van der Waals surface area contributed by atoms with E-state index in [2.05, 4.69) is 5.32 Å². The van der Waals surface area contributed by atoms with Crippen molar-refractivity contribution in [3.05, 3.63) is 46.3 Å². The molecule has 2 aromatic rings. The van der Waals surface area contributed by atoms with Gasteiger partial charge in [-0.25, -0.2) is 0 Å². The van der Waals surface area contributed by atoms with E-state index in [9.17, 15) is 9.59 Å². The molecule has 0 radical (unpaired) electrons. The number of para-hydroxylation sites is 1. The first-order chi connectivity index (χ1) is 10.0. The molecule has 1 aliphatic heterocycles. The maximum atomic E-state index is 12.6. The van der Waals surface area contributed by atoms with E-state index >= 15 is 0 Å². The van der Waals surface area contributed by atoms with Crippen LogP contribution in [0.15, 0.2) is 39.5 Å². The standard InChI is InChI=1S/C16H18N2O3/c1-10-8-18(9-11(2)17-10)16(20)15-7-13(19)12-5-3-4-6-14(12)21-15/h3-7,10-11,17H,8-9H2,1-2H3. The lowest BCUT2D eigenvalue weighted by atomic mass is 10.1. The van der Waals surface area contributed by atoms with Crippen LogP contribution in [0.4, 0.5) is 0 Å². The summed E-state index contributed by atoms with van der Waals surface area (Å²) in [6, 6.07) is 8.72. The molecule has 0 spiro atoms. The molecule has 1 amide bonds. The molecule has 21 heavy (non-hydrogen) atoms. The number of fused-ring (bicyclic) bond motifs is 1. The van der Waals surface area contributed by atoms with Crippen molar-refractivity contribution >= 4 is 16.9 Å². The Labute approximate surface area is 122 Å². The zero-order valence-electron chi connectivity index (χ0n) is 12.1. The predicted molar refractivity (Wildman–Crippen MR) is 80.4 cm³/mol. The van der Waals surface area contributed by atoms with Crippen LogP contribution < -0.4 is 10.7 Å². The van der Waals surface area contributed by atoms with Crippen LogP contribution in [0.2, 0.25) is 0 Å². The molecular formula is C16H18N2O3. The van der Waals surface area contributed by atoms with Crippen LogP contribution in [0.1, 0.15) is 24.4 Å². The summed E-state index contributed by atoms with van der Waals surface area (Å²) in [6.45, 7) is 5.29. The summed E-state index contributed by atoms with van der Waals surface area (Å²) in [5.74, 6) is -0.113. The van der Waals surface area contributed by atoms with E-state index in [1.165, 1.54) is 6.07 Å². The first-order valence-electron chi connectivity index (χ1n) is 7.13. The van der Waals surface area contributed by atoms with Crippen LogP contribution >= 0.6 is 0 Å². The number of hydrogen-bond acceptors (Lipinski definition) is 4. The molecule has 1 N–H and O–H groups in total. The number of benzene rings is 1. The lowest BCUT2D eigenvalue weighted by Gasteiger charge is -2.35. The van der Waals surface area contributed by atoms with Crippen LogP contribution in [0.25, 0.3) is 11.0 Å². The molecular weight excluding hydrogens is 268 g/mol. The average molecular weight is 286 g/mol. The summed E-state index contributed by atoms with van der Waals surface area (Å²) in [7, 11) is 0. The number of nitrogens with zero attached hydrogens (tertiary/aromatic N) is 1. The van der Waals surface area contributed by atoms with E-state index in [1.807, 2.05) is 13.8 Å². The van der Waals surface area contributed by atoms with Crippen LogP contribution in [0.5, 0.6) is 0 Å². The quantitative estimate of drug-likeness (QED) is 0.865. The zero-order chi connectivity index (χ0) is 15.0. The summed E-state index contributed by atoms with van der Waals surface area (Å²) in [4.78, 5) is 26.4. The molecule has 110 valence electrons. The molecule has 3 rings (SSSR count). The molecule has 1 aromatic carbocycles. The number of carbonyl (C=O) groups is 1. The topological polar surface area (TPSA) is 62.6 Å². The first-order valence-corrected chi connectivity index (χ1v) is 7.13. The van der Waals surface area contributed by atoms with E-state index in [4.69, 9.17) is 4.42 Å². The molecule has 2 unspecified atom stereocenters. The number of rotatable bonds is 1. The Morgan fingerprint density at radius 3 is 2.62 bits per heavy atom. The second-order valence-electron chi connectivity index (χ2n) is 5.65. The summed E-state index contributed by atoms with van der Waals surface area (Å²) < 4.78 is 5.62. The average Bonchev–Trinajstić information content (AvgIpc) is 2.45. The highest BCUT2D eigenvalue weighted by Crippen LogP contribution is 2.15. The fraction of sp³-hybridized carbons (Fsp3) is 0.375. The lowest BCUT2D eigenvalue weighted by Crippen LogP contribution is -2.55. The van der Waals surface area contributed by atoms with Crippen molar-refractivity contribution in [3.8, 4) is 0 Å². The highest BCUT2D eigenvalue weighted by Gasteiger charge is 2.27. The van der Waals surface area contributed by atoms with Crippen molar-refractivity contribution in [2.75, 3.05) is 13.1 Å². The molecule has 1 saturated heterocycles. The molecule has 2 atom stereocenters. The minimum absolute atomic E-state index is 0.111. The fourth-order valence-corrected chi connectivity index (χ4v) is 2.86. The van der Waals surface area contributed by atoms with Crippen molar-refractivity contribution < 1.29 is 9.21 Å². The van der Waals surface area contributed by atoms with Gasteiger partial charge in [0.05, 0.1) is 5.39 Å². The van der Waals surface area contributed by atoms with E-state index in [1.54, 1.807) is 29.2 Å². The van der Waals surface area contributed by atoms with Gasteiger partial charge in [0.1, 0.15) is 5.58 Å². The summed E-state index contributed by atoms with van der Waals surface area (Å²) >= 11 is 0. The largest absolute Gasteiger partial charge is 0.451 e. The smallest absolute Gasteiger partial charge is 0.289 e. The third kappa shape index (κ3) is 2.69. The summed E-state index contributed by atoms with van der Waals surface area (Å²) in [5.41, 5.74) is 0.265. The van der Waals surface area contributed by atoms with Crippen molar-refractivity contribution in [1.82, 2.24) is 10.2 Å². The van der Waals surface area contributed by atoms with Crippen molar-refractivity contribution in [1.29, 1.82) is 0 Å². The van der Waals surface area contributed by atoms with Gasteiger partial charge in [-0.1, -0.05) is 12.1 Å². The Kier molecular flexibility index (Phi) is 3.51. The van der Waals surface area contributed by atoms with E-state index < -0.39 is 0 Å². The number of carbonyl (C=O) groups excluding carboxylic acids is 1. The van der Waals surface area contributed by atoms with Crippen LogP contribution in [-0.4, -0.2) is 36.0 Å². The molecule has 5 heteroatoms. The van der Waals surface area contributed by atoms with Gasteiger partial charge in [0, 0.05) is 31.2 Å². The monoisotopic (exact) mass is 286 g/mol. The Morgan fingerprint density at radius 2 is 1.90 bits per heavy atom. The lowest BCUT2D eigenvalue weighted by molar-refractivity contribution is 0.0642. The molecule has 1 aliphatic rings. The second-order valence-corrected chi connectivity index (χ2v) is 5.65. The van der Waals surface area contributed by atoms with Gasteiger partial charge >= 0.3 is 0 Å². The highest BCUT2D eigenvalue weighted by molar-refractivity contribution is 5.93. The van der Waals surface area contributed by atoms with Gasteiger partial charge in [-0.05, 0) is 26.0 Å². The van der Waals surface area contributed by atoms with Gasteiger partial charge in [-0.2, -0.15) is 0 Å².